The van der Waals surface area contributed by atoms with Gasteiger partial charge < -0.3 is 10.1 Å². The topological polar surface area (TPSA) is 51.2 Å². The van der Waals surface area contributed by atoms with Gasteiger partial charge in [0.1, 0.15) is 5.69 Å². The maximum absolute atomic E-state index is 11.9. The number of carbonyl (C=O) groups excluding carboxylic acids is 1. The molecule has 1 amide bonds. The van der Waals surface area contributed by atoms with E-state index in [4.69, 9.17) is 4.74 Å². The number of pyridine rings is 1. The molecule has 1 aromatic carbocycles. The summed E-state index contributed by atoms with van der Waals surface area (Å²) in [6.07, 6.45) is 0. The molecule has 92 valence electrons. The Bertz CT molecular complexity index is 526. The molecule has 2 rings (SSSR count). The molecular formula is C14H14N2O2. The molecule has 0 aliphatic heterocycles. The van der Waals surface area contributed by atoms with Crippen LogP contribution in [-0.2, 0) is 6.54 Å². The van der Waals surface area contributed by atoms with Crippen molar-refractivity contribution in [3.8, 4) is 5.88 Å². The molecule has 0 saturated heterocycles. The van der Waals surface area contributed by atoms with E-state index in [0.29, 0.717) is 18.1 Å². The Balaban J connectivity index is 1.99. The van der Waals surface area contributed by atoms with Gasteiger partial charge >= 0.3 is 0 Å². The highest BCUT2D eigenvalue weighted by Crippen LogP contribution is 2.06. The highest BCUT2D eigenvalue weighted by atomic mass is 16.5. The van der Waals surface area contributed by atoms with Gasteiger partial charge in [0, 0.05) is 12.6 Å². The summed E-state index contributed by atoms with van der Waals surface area (Å²) in [5.74, 6) is 0.222. The quantitative estimate of drug-likeness (QED) is 0.892. The third kappa shape index (κ3) is 3.07. The highest BCUT2D eigenvalue weighted by molar-refractivity contribution is 5.92. The summed E-state index contributed by atoms with van der Waals surface area (Å²) >= 11 is 0. The van der Waals surface area contributed by atoms with Crippen LogP contribution in [0.2, 0.25) is 0 Å². The number of hydrogen-bond acceptors (Lipinski definition) is 3. The Labute approximate surface area is 106 Å². The van der Waals surface area contributed by atoms with E-state index in [9.17, 15) is 4.79 Å². The molecule has 1 heterocycles. The smallest absolute Gasteiger partial charge is 0.270 e. The van der Waals surface area contributed by atoms with Gasteiger partial charge in [-0.3, -0.25) is 4.79 Å². The van der Waals surface area contributed by atoms with Crippen LogP contribution in [0.3, 0.4) is 0 Å². The Morgan fingerprint density at radius 3 is 2.67 bits per heavy atom. The number of nitrogens with zero attached hydrogens (tertiary/aromatic N) is 1. The third-order valence-electron chi connectivity index (χ3n) is 2.46. The fourth-order valence-electron chi connectivity index (χ4n) is 1.52. The van der Waals surface area contributed by atoms with E-state index < -0.39 is 0 Å². The number of hydrogen-bond donors (Lipinski definition) is 1. The maximum Gasteiger partial charge on any atom is 0.270 e. The largest absolute Gasteiger partial charge is 0.481 e. The molecule has 18 heavy (non-hydrogen) atoms. The van der Waals surface area contributed by atoms with Gasteiger partial charge in [0.25, 0.3) is 5.91 Å². The van der Waals surface area contributed by atoms with Crippen molar-refractivity contribution >= 4 is 5.91 Å². The number of ether oxygens (including phenoxy) is 1. The molecule has 0 spiro atoms. The number of benzene rings is 1. The van der Waals surface area contributed by atoms with Crippen LogP contribution in [0.15, 0.2) is 48.5 Å². The Hall–Kier alpha value is -2.36. The van der Waals surface area contributed by atoms with Crippen LogP contribution in [0.25, 0.3) is 0 Å². The van der Waals surface area contributed by atoms with Crippen LogP contribution in [0.1, 0.15) is 16.1 Å². The van der Waals surface area contributed by atoms with Gasteiger partial charge in [-0.05, 0) is 11.6 Å². The van der Waals surface area contributed by atoms with Gasteiger partial charge in [0.05, 0.1) is 7.11 Å². The van der Waals surface area contributed by atoms with Crippen LogP contribution in [0, 0.1) is 0 Å². The maximum atomic E-state index is 11.9. The van der Waals surface area contributed by atoms with Crippen molar-refractivity contribution in [3.05, 3.63) is 59.8 Å². The van der Waals surface area contributed by atoms with Crippen molar-refractivity contribution in [1.29, 1.82) is 0 Å². The minimum atomic E-state index is -0.210. The molecule has 0 saturated carbocycles. The first-order chi connectivity index (χ1) is 8.79. The average Bonchev–Trinajstić information content (AvgIpc) is 2.46. The number of nitrogens with one attached hydrogen (secondary N) is 1. The van der Waals surface area contributed by atoms with Crippen LogP contribution in [0.5, 0.6) is 5.88 Å². The summed E-state index contributed by atoms with van der Waals surface area (Å²) in [7, 11) is 1.52. The van der Waals surface area contributed by atoms with Gasteiger partial charge in [-0.15, -0.1) is 0 Å². The lowest BCUT2D eigenvalue weighted by Gasteiger charge is -2.05. The summed E-state index contributed by atoms with van der Waals surface area (Å²) in [6, 6.07) is 14.8. The predicted molar refractivity (Wildman–Crippen MR) is 68.4 cm³/mol. The Kier molecular flexibility index (Phi) is 3.91. The molecule has 4 heteroatoms. The number of carbonyl (C=O) groups is 1. The fraction of sp³-hybridized carbons (Fsp3) is 0.143. The zero-order chi connectivity index (χ0) is 12.8. The van der Waals surface area contributed by atoms with Crippen molar-refractivity contribution in [1.82, 2.24) is 10.3 Å². The number of methoxy groups -OCH3 is 1. The van der Waals surface area contributed by atoms with E-state index in [2.05, 4.69) is 10.3 Å². The SMILES string of the molecule is COc1cccc(C(=O)NCc2ccccc2)n1. The first kappa shape index (κ1) is 12.1. The standard InChI is InChI=1S/C14H14N2O2/c1-18-13-9-5-8-12(16-13)14(17)15-10-11-6-3-2-4-7-11/h2-9H,10H2,1H3,(H,15,17). The van der Waals surface area contributed by atoms with Crippen LogP contribution < -0.4 is 10.1 Å². The lowest BCUT2D eigenvalue weighted by Crippen LogP contribution is -2.23. The fourth-order valence-corrected chi connectivity index (χ4v) is 1.52. The predicted octanol–water partition coefficient (Wildman–Crippen LogP) is 2.02. The van der Waals surface area contributed by atoms with Crippen molar-refractivity contribution in [3.63, 3.8) is 0 Å². The van der Waals surface area contributed by atoms with Crippen molar-refractivity contribution in [2.45, 2.75) is 6.54 Å². The summed E-state index contributed by atoms with van der Waals surface area (Å²) in [5.41, 5.74) is 1.40. The molecule has 0 aliphatic rings. The van der Waals surface area contributed by atoms with E-state index in [0.717, 1.165) is 5.56 Å². The van der Waals surface area contributed by atoms with E-state index in [1.165, 1.54) is 7.11 Å². The van der Waals surface area contributed by atoms with E-state index in [1.807, 2.05) is 30.3 Å². The zero-order valence-electron chi connectivity index (χ0n) is 10.1. The molecular weight excluding hydrogens is 228 g/mol. The lowest BCUT2D eigenvalue weighted by atomic mass is 10.2. The van der Waals surface area contributed by atoms with Crippen LogP contribution >= 0.6 is 0 Å². The van der Waals surface area contributed by atoms with E-state index >= 15 is 0 Å². The number of amides is 1. The average molecular weight is 242 g/mol. The molecule has 1 N–H and O–H groups in total. The summed E-state index contributed by atoms with van der Waals surface area (Å²) in [6.45, 7) is 0.485. The molecule has 0 atom stereocenters. The lowest BCUT2D eigenvalue weighted by molar-refractivity contribution is 0.0945. The first-order valence-electron chi connectivity index (χ1n) is 5.63. The molecule has 0 fully saturated rings. The van der Waals surface area contributed by atoms with Gasteiger partial charge in [0.15, 0.2) is 0 Å². The number of aromatic nitrogens is 1. The van der Waals surface area contributed by atoms with Crippen molar-refractivity contribution in [2.75, 3.05) is 7.11 Å². The molecule has 0 radical (unpaired) electrons. The van der Waals surface area contributed by atoms with E-state index in [-0.39, 0.29) is 5.91 Å². The normalized spacial score (nSPS) is 9.83. The van der Waals surface area contributed by atoms with E-state index in [1.54, 1.807) is 18.2 Å². The minimum Gasteiger partial charge on any atom is -0.481 e. The Morgan fingerprint density at radius 2 is 1.94 bits per heavy atom. The molecule has 1 aromatic heterocycles. The second-order valence-electron chi connectivity index (χ2n) is 3.73. The summed E-state index contributed by atoms with van der Waals surface area (Å²) in [5, 5.41) is 2.81. The van der Waals surface area contributed by atoms with Gasteiger partial charge in [-0.1, -0.05) is 36.4 Å². The summed E-state index contributed by atoms with van der Waals surface area (Å²) < 4.78 is 4.98. The molecule has 0 unspecified atom stereocenters. The molecule has 0 aliphatic carbocycles. The first-order valence-corrected chi connectivity index (χ1v) is 5.63. The van der Waals surface area contributed by atoms with Crippen LogP contribution in [-0.4, -0.2) is 18.0 Å². The molecule has 2 aromatic rings. The highest BCUT2D eigenvalue weighted by Gasteiger charge is 2.07. The number of rotatable bonds is 4. The second-order valence-corrected chi connectivity index (χ2v) is 3.73. The second kappa shape index (κ2) is 5.82. The Morgan fingerprint density at radius 1 is 1.17 bits per heavy atom. The van der Waals surface area contributed by atoms with Gasteiger partial charge in [-0.25, -0.2) is 4.98 Å². The van der Waals surface area contributed by atoms with Crippen LogP contribution in [0.4, 0.5) is 0 Å². The van der Waals surface area contributed by atoms with Gasteiger partial charge in [0.2, 0.25) is 5.88 Å². The zero-order valence-corrected chi connectivity index (χ0v) is 10.1. The minimum absolute atomic E-state index is 0.210. The molecule has 0 bridgehead atoms. The van der Waals surface area contributed by atoms with Crippen molar-refractivity contribution < 1.29 is 9.53 Å². The summed E-state index contributed by atoms with van der Waals surface area (Å²) in [4.78, 5) is 15.9. The third-order valence-corrected chi connectivity index (χ3v) is 2.46. The monoisotopic (exact) mass is 242 g/mol. The van der Waals surface area contributed by atoms with Gasteiger partial charge in [-0.2, -0.15) is 0 Å². The molecule has 4 nitrogen and oxygen atoms in total. The van der Waals surface area contributed by atoms with Crippen molar-refractivity contribution in [2.24, 2.45) is 0 Å².